The van der Waals surface area contributed by atoms with Crippen LogP contribution in [0.5, 0.6) is 0 Å². The SMILES string of the molecule is CCCCc1ncc(C=C(Cc2cccs2)C(=O)O)n1Cc1ccc(C(=O)OC)c2ccccc12. The molecule has 0 aliphatic rings. The first-order chi connectivity index (χ1) is 17.0. The third-order valence-corrected chi connectivity index (χ3v) is 6.89. The van der Waals surface area contributed by atoms with Crippen molar-refractivity contribution in [2.45, 2.75) is 39.2 Å². The van der Waals surface area contributed by atoms with Gasteiger partial charge in [0.05, 0.1) is 24.6 Å². The fraction of sp³-hybridized carbons (Fsp3) is 0.250. The van der Waals surface area contributed by atoms with Gasteiger partial charge < -0.3 is 14.4 Å². The van der Waals surface area contributed by atoms with Gasteiger partial charge in [0.1, 0.15) is 5.82 Å². The van der Waals surface area contributed by atoms with Crippen LogP contribution in [-0.2, 0) is 28.9 Å². The summed E-state index contributed by atoms with van der Waals surface area (Å²) in [7, 11) is 1.38. The molecule has 180 valence electrons. The van der Waals surface area contributed by atoms with Crippen LogP contribution in [0.15, 0.2) is 65.7 Å². The number of carboxylic acids is 1. The largest absolute Gasteiger partial charge is 0.478 e. The summed E-state index contributed by atoms with van der Waals surface area (Å²) in [5.41, 5.74) is 2.62. The fourth-order valence-electron chi connectivity index (χ4n) is 4.19. The lowest BCUT2D eigenvalue weighted by Crippen LogP contribution is -2.10. The third-order valence-electron chi connectivity index (χ3n) is 6.01. The van der Waals surface area contributed by atoms with E-state index in [9.17, 15) is 14.7 Å². The molecule has 6 nitrogen and oxygen atoms in total. The molecule has 0 fully saturated rings. The van der Waals surface area contributed by atoms with E-state index in [-0.39, 0.29) is 5.97 Å². The first-order valence-electron chi connectivity index (χ1n) is 11.6. The van der Waals surface area contributed by atoms with Crippen LogP contribution in [0.4, 0.5) is 0 Å². The fourth-order valence-corrected chi connectivity index (χ4v) is 4.91. The Balaban J connectivity index is 1.78. The quantitative estimate of drug-likeness (QED) is 0.219. The van der Waals surface area contributed by atoms with Crippen molar-refractivity contribution in [1.82, 2.24) is 9.55 Å². The van der Waals surface area contributed by atoms with Crippen molar-refractivity contribution >= 4 is 40.1 Å². The number of esters is 1. The zero-order chi connectivity index (χ0) is 24.8. The molecule has 4 aromatic rings. The van der Waals surface area contributed by atoms with Crippen molar-refractivity contribution < 1.29 is 19.4 Å². The molecule has 0 aliphatic heterocycles. The van der Waals surface area contributed by atoms with Gasteiger partial charge in [-0.3, -0.25) is 0 Å². The summed E-state index contributed by atoms with van der Waals surface area (Å²) in [6, 6.07) is 15.4. The number of nitrogens with zero attached hydrogens (tertiary/aromatic N) is 2. The van der Waals surface area contributed by atoms with Crippen LogP contribution in [0.1, 0.15) is 52.1 Å². The van der Waals surface area contributed by atoms with Crippen molar-refractivity contribution in [1.29, 1.82) is 0 Å². The number of thiophene rings is 1. The number of methoxy groups -OCH3 is 1. The molecule has 2 heterocycles. The van der Waals surface area contributed by atoms with E-state index in [0.29, 0.717) is 24.1 Å². The highest BCUT2D eigenvalue weighted by molar-refractivity contribution is 7.09. The van der Waals surface area contributed by atoms with Gasteiger partial charge in [0.15, 0.2) is 0 Å². The molecular formula is C28H28N2O4S. The molecule has 0 amide bonds. The molecule has 1 N–H and O–H groups in total. The summed E-state index contributed by atoms with van der Waals surface area (Å²) in [5, 5.41) is 13.6. The Kier molecular flexibility index (Phi) is 7.77. The van der Waals surface area contributed by atoms with Gasteiger partial charge in [-0.2, -0.15) is 0 Å². The summed E-state index contributed by atoms with van der Waals surface area (Å²) in [5.74, 6) is -0.392. The maximum absolute atomic E-state index is 12.3. The first kappa shape index (κ1) is 24.4. The monoisotopic (exact) mass is 488 g/mol. The Labute approximate surface area is 208 Å². The van der Waals surface area contributed by atoms with E-state index < -0.39 is 5.97 Å². The Morgan fingerprint density at radius 1 is 1.11 bits per heavy atom. The number of carbonyl (C=O) groups is 2. The van der Waals surface area contributed by atoms with Gasteiger partial charge in [0.25, 0.3) is 0 Å². The molecule has 0 aliphatic carbocycles. The molecule has 4 rings (SSSR count). The van der Waals surface area contributed by atoms with Crippen molar-refractivity contribution in [3.63, 3.8) is 0 Å². The zero-order valence-corrected chi connectivity index (χ0v) is 20.7. The van der Waals surface area contributed by atoms with Gasteiger partial charge in [0, 0.05) is 29.8 Å². The van der Waals surface area contributed by atoms with E-state index >= 15 is 0 Å². The molecule has 0 saturated heterocycles. The standard InChI is InChI=1S/C28H28N2O4S/c1-3-4-11-26-29-17-21(15-20(27(31)32)16-22-8-7-14-35-22)30(26)18-19-12-13-25(28(33)34-2)24-10-6-5-9-23(19)24/h5-10,12-15,17H,3-4,11,16,18H2,1-2H3,(H,31,32). The summed E-state index contributed by atoms with van der Waals surface area (Å²) in [6.07, 6.45) is 6.68. The van der Waals surface area contributed by atoms with Crippen LogP contribution in [0, 0.1) is 0 Å². The number of aromatic nitrogens is 2. The number of carboxylic acid groups (broad SMARTS) is 1. The van der Waals surface area contributed by atoms with Gasteiger partial charge in [-0.15, -0.1) is 11.3 Å². The molecule has 2 aromatic heterocycles. The average molecular weight is 489 g/mol. The number of ether oxygens (including phenoxy) is 1. The summed E-state index contributed by atoms with van der Waals surface area (Å²) in [6.45, 7) is 2.65. The molecule has 2 aromatic carbocycles. The van der Waals surface area contributed by atoms with Crippen LogP contribution in [0.25, 0.3) is 16.8 Å². The highest BCUT2D eigenvalue weighted by Gasteiger charge is 2.17. The summed E-state index contributed by atoms with van der Waals surface area (Å²) >= 11 is 1.54. The Hall–Kier alpha value is -3.71. The molecule has 0 radical (unpaired) electrons. The highest BCUT2D eigenvalue weighted by Crippen LogP contribution is 2.26. The number of rotatable bonds is 10. The molecule has 0 atom stereocenters. The highest BCUT2D eigenvalue weighted by atomic mass is 32.1. The number of aryl methyl sites for hydroxylation is 1. The minimum absolute atomic E-state index is 0.321. The Morgan fingerprint density at radius 3 is 2.60 bits per heavy atom. The average Bonchev–Trinajstić information content (AvgIpc) is 3.52. The maximum atomic E-state index is 12.3. The van der Waals surface area contributed by atoms with Gasteiger partial charge in [-0.05, 0) is 46.3 Å². The normalized spacial score (nSPS) is 11.7. The predicted molar refractivity (Wildman–Crippen MR) is 139 cm³/mol. The molecule has 35 heavy (non-hydrogen) atoms. The maximum Gasteiger partial charge on any atom is 0.338 e. The van der Waals surface area contributed by atoms with Crippen LogP contribution in [0.3, 0.4) is 0 Å². The Bertz CT molecular complexity index is 1370. The number of unbranched alkanes of at least 4 members (excludes halogenated alkanes) is 1. The van der Waals surface area contributed by atoms with E-state index in [2.05, 4.69) is 16.5 Å². The number of carbonyl (C=O) groups excluding carboxylic acids is 1. The van der Waals surface area contributed by atoms with Crippen LogP contribution in [0.2, 0.25) is 0 Å². The third kappa shape index (κ3) is 5.52. The minimum atomic E-state index is -0.936. The molecule has 7 heteroatoms. The van der Waals surface area contributed by atoms with E-state index in [4.69, 9.17) is 4.74 Å². The lowest BCUT2D eigenvalue weighted by atomic mass is 9.99. The van der Waals surface area contributed by atoms with Crippen molar-refractivity contribution in [2.24, 2.45) is 0 Å². The summed E-state index contributed by atoms with van der Waals surface area (Å²) in [4.78, 5) is 30.0. The second-order valence-corrected chi connectivity index (χ2v) is 9.36. The lowest BCUT2D eigenvalue weighted by Gasteiger charge is -2.15. The van der Waals surface area contributed by atoms with E-state index in [1.54, 1.807) is 29.7 Å². The molecule has 0 unspecified atom stereocenters. The molecule has 0 bridgehead atoms. The lowest BCUT2D eigenvalue weighted by molar-refractivity contribution is -0.132. The number of aliphatic carboxylic acids is 1. The topological polar surface area (TPSA) is 81.4 Å². The first-order valence-corrected chi connectivity index (χ1v) is 12.5. The number of imidazole rings is 1. The van der Waals surface area contributed by atoms with Crippen molar-refractivity contribution in [3.05, 3.63) is 93.2 Å². The van der Waals surface area contributed by atoms with E-state index in [1.165, 1.54) is 7.11 Å². The number of fused-ring (bicyclic) bond motifs is 1. The van der Waals surface area contributed by atoms with Crippen molar-refractivity contribution in [2.75, 3.05) is 7.11 Å². The zero-order valence-electron chi connectivity index (χ0n) is 19.9. The molecule has 0 spiro atoms. The van der Waals surface area contributed by atoms with Gasteiger partial charge in [0.2, 0.25) is 0 Å². The second kappa shape index (κ2) is 11.1. The minimum Gasteiger partial charge on any atom is -0.478 e. The Morgan fingerprint density at radius 2 is 1.91 bits per heavy atom. The van der Waals surface area contributed by atoms with E-state index in [1.807, 2.05) is 47.8 Å². The predicted octanol–water partition coefficient (Wildman–Crippen LogP) is 5.99. The van der Waals surface area contributed by atoms with Crippen LogP contribution >= 0.6 is 11.3 Å². The van der Waals surface area contributed by atoms with E-state index in [0.717, 1.165) is 52.0 Å². The van der Waals surface area contributed by atoms with Crippen LogP contribution in [-0.4, -0.2) is 33.7 Å². The second-order valence-electron chi connectivity index (χ2n) is 8.33. The van der Waals surface area contributed by atoms with Crippen LogP contribution < -0.4 is 0 Å². The summed E-state index contributed by atoms with van der Waals surface area (Å²) < 4.78 is 7.05. The smallest absolute Gasteiger partial charge is 0.338 e. The number of benzene rings is 2. The molecular weight excluding hydrogens is 460 g/mol. The van der Waals surface area contributed by atoms with Crippen molar-refractivity contribution in [3.8, 4) is 0 Å². The van der Waals surface area contributed by atoms with Gasteiger partial charge in [-0.25, -0.2) is 14.6 Å². The molecule has 0 saturated carbocycles. The number of hydrogen-bond acceptors (Lipinski definition) is 5. The number of hydrogen-bond donors (Lipinski definition) is 1. The van der Waals surface area contributed by atoms with Gasteiger partial charge in [-0.1, -0.05) is 49.7 Å². The van der Waals surface area contributed by atoms with Gasteiger partial charge >= 0.3 is 11.9 Å².